The molecule has 0 saturated heterocycles. The number of hydrogen-bond acceptors (Lipinski definition) is 6. The van der Waals surface area contributed by atoms with Crippen molar-refractivity contribution in [1.82, 2.24) is 0 Å². The van der Waals surface area contributed by atoms with E-state index in [0.717, 1.165) is 0 Å². The third kappa shape index (κ3) is 2.14. The number of amides is 1. The van der Waals surface area contributed by atoms with E-state index >= 15 is 0 Å². The standard InChI is InChI=1S/C14H11N3O5/c1-8(18)16-11-4-2-9(15-19)6-13(11)22-14-7-10(17(20)21)3-5-12(14)16/h3,5-7H,2,4H2,1H3. The average Bonchev–Trinajstić information content (AvgIpc) is 2.50. The molecule has 1 aromatic carbocycles. The summed E-state index contributed by atoms with van der Waals surface area (Å²) in [5.74, 6) is 0.289. The van der Waals surface area contributed by atoms with Crippen molar-refractivity contribution in [3.8, 4) is 5.75 Å². The Morgan fingerprint density at radius 2 is 2.18 bits per heavy atom. The molecule has 0 atom stereocenters. The maximum Gasteiger partial charge on any atom is 0.273 e. The third-order valence-corrected chi connectivity index (χ3v) is 3.52. The minimum Gasteiger partial charge on any atom is -0.453 e. The zero-order valence-corrected chi connectivity index (χ0v) is 11.6. The van der Waals surface area contributed by atoms with E-state index in [-0.39, 0.29) is 17.3 Å². The van der Waals surface area contributed by atoms with E-state index in [9.17, 15) is 19.8 Å². The first-order valence-electron chi connectivity index (χ1n) is 6.55. The van der Waals surface area contributed by atoms with Gasteiger partial charge in [-0.1, -0.05) is 0 Å². The average molecular weight is 301 g/mol. The van der Waals surface area contributed by atoms with Crippen molar-refractivity contribution < 1.29 is 14.5 Å². The number of benzene rings is 1. The number of nitrogens with zero attached hydrogens (tertiary/aromatic N) is 3. The summed E-state index contributed by atoms with van der Waals surface area (Å²) in [6.45, 7) is 1.40. The molecular formula is C14H11N3O5. The first-order chi connectivity index (χ1) is 10.5. The SMILES string of the molecule is CC(=O)N1C2=C(C=C(N=O)CC2)Oc2cc([N+](=O)[O-])ccc21. The zero-order valence-electron chi connectivity index (χ0n) is 11.6. The number of non-ortho nitro benzene ring substituents is 1. The Hall–Kier alpha value is -3.03. The Balaban J connectivity index is 2.14. The van der Waals surface area contributed by atoms with Crippen LogP contribution < -0.4 is 9.64 Å². The Labute approximate surface area is 124 Å². The number of allylic oxidation sites excluding steroid dienone is 3. The first-order valence-corrected chi connectivity index (χ1v) is 6.55. The quantitative estimate of drug-likeness (QED) is 0.474. The van der Waals surface area contributed by atoms with E-state index in [2.05, 4.69) is 5.18 Å². The molecule has 8 heteroatoms. The third-order valence-electron chi connectivity index (χ3n) is 3.52. The number of rotatable bonds is 2. The molecular weight excluding hydrogens is 290 g/mol. The van der Waals surface area contributed by atoms with Crippen LogP contribution in [0.15, 0.2) is 46.6 Å². The normalized spacial score (nSPS) is 16.2. The van der Waals surface area contributed by atoms with Crippen molar-refractivity contribution >= 4 is 17.3 Å². The highest BCUT2D eigenvalue weighted by Gasteiger charge is 2.32. The monoisotopic (exact) mass is 301 g/mol. The molecule has 8 nitrogen and oxygen atoms in total. The number of anilines is 1. The van der Waals surface area contributed by atoms with Crippen molar-refractivity contribution in [2.24, 2.45) is 5.18 Å². The van der Waals surface area contributed by atoms with Crippen LogP contribution in [-0.2, 0) is 4.79 Å². The number of nitro benzene ring substituents is 1. The van der Waals surface area contributed by atoms with Crippen LogP contribution in [0.3, 0.4) is 0 Å². The van der Waals surface area contributed by atoms with Crippen LogP contribution in [0.5, 0.6) is 5.75 Å². The Morgan fingerprint density at radius 3 is 2.82 bits per heavy atom. The van der Waals surface area contributed by atoms with Gasteiger partial charge in [0.15, 0.2) is 5.75 Å². The molecule has 3 rings (SSSR count). The summed E-state index contributed by atoms with van der Waals surface area (Å²) >= 11 is 0. The number of carbonyl (C=O) groups excluding carboxylic acids is 1. The van der Waals surface area contributed by atoms with Crippen molar-refractivity contribution in [2.45, 2.75) is 19.8 Å². The molecule has 0 radical (unpaired) electrons. The zero-order chi connectivity index (χ0) is 15.9. The summed E-state index contributed by atoms with van der Waals surface area (Å²) in [4.78, 5) is 34.4. The summed E-state index contributed by atoms with van der Waals surface area (Å²) in [5.41, 5.74) is 1.25. The van der Waals surface area contributed by atoms with Crippen molar-refractivity contribution in [3.05, 3.63) is 56.4 Å². The van der Waals surface area contributed by atoms with Crippen molar-refractivity contribution in [1.29, 1.82) is 0 Å². The van der Waals surface area contributed by atoms with Crippen molar-refractivity contribution in [3.63, 3.8) is 0 Å². The molecule has 0 fully saturated rings. The van der Waals surface area contributed by atoms with Gasteiger partial charge in [-0.15, -0.1) is 4.91 Å². The second-order valence-corrected chi connectivity index (χ2v) is 4.90. The number of carbonyl (C=O) groups is 1. The van der Waals surface area contributed by atoms with E-state index in [1.165, 1.54) is 36.1 Å². The molecule has 0 N–H and O–H groups in total. The lowest BCUT2D eigenvalue weighted by molar-refractivity contribution is -0.384. The maximum atomic E-state index is 12.0. The fourth-order valence-electron chi connectivity index (χ4n) is 2.57. The molecule has 0 spiro atoms. The summed E-state index contributed by atoms with van der Waals surface area (Å²) < 4.78 is 5.65. The van der Waals surface area contributed by atoms with Gasteiger partial charge < -0.3 is 4.74 Å². The van der Waals surface area contributed by atoms with E-state index < -0.39 is 4.92 Å². The van der Waals surface area contributed by atoms with Crippen LogP contribution in [0.4, 0.5) is 11.4 Å². The molecule has 112 valence electrons. The van der Waals surface area contributed by atoms with E-state index in [1.54, 1.807) is 0 Å². The van der Waals surface area contributed by atoms with Gasteiger partial charge in [-0.05, 0) is 24.1 Å². The first kappa shape index (κ1) is 13.9. The number of hydrogen-bond donors (Lipinski definition) is 0. The van der Waals surface area contributed by atoms with Crippen molar-refractivity contribution in [2.75, 3.05) is 4.90 Å². The predicted octanol–water partition coefficient (Wildman–Crippen LogP) is 3.00. The highest BCUT2D eigenvalue weighted by atomic mass is 16.6. The highest BCUT2D eigenvalue weighted by Crippen LogP contribution is 2.43. The lowest BCUT2D eigenvalue weighted by atomic mass is 10.0. The van der Waals surface area contributed by atoms with E-state index in [4.69, 9.17) is 4.74 Å². The molecule has 1 aliphatic heterocycles. The van der Waals surface area contributed by atoms with Gasteiger partial charge in [-0.3, -0.25) is 19.8 Å². The molecule has 0 saturated carbocycles. The smallest absolute Gasteiger partial charge is 0.273 e. The van der Waals surface area contributed by atoms with Crippen LogP contribution >= 0.6 is 0 Å². The molecule has 1 heterocycles. The van der Waals surface area contributed by atoms with E-state index in [1.807, 2.05) is 0 Å². The van der Waals surface area contributed by atoms with Gasteiger partial charge in [0.05, 0.1) is 28.1 Å². The summed E-state index contributed by atoms with van der Waals surface area (Å²) in [6.07, 6.45) is 2.31. The van der Waals surface area contributed by atoms with Crippen LogP contribution in [0, 0.1) is 15.0 Å². The van der Waals surface area contributed by atoms with Gasteiger partial charge in [0.1, 0.15) is 5.76 Å². The van der Waals surface area contributed by atoms with E-state index in [0.29, 0.717) is 35.7 Å². The minimum atomic E-state index is -0.541. The molecule has 0 unspecified atom stereocenters. The largest absolute Gasteiger partial charge is 0.453 e. The number of fused-ring (bicyclic) bond motifs is 1. The van der Waals surface area contributed by atoms with Crippen LogP contribution in [0.1, 0.15) is 19.8 Å². The molecule has 2 aliphatic rings. The molecule has 0 aromatic heterocycles. The minimum absolute atomic E-state index is 0.139. The molecule has 1 aliphatic carbocycles. The molecule has 22 heavy (non-hydrogen) atoms. The van der Waals surface area contributed by atoms with Gasteiger partial charge in [0, 0.05) is 19.1 Å². The molecule has 1 amide bonds. The number of ether oxygens (including phenoxy) is 1. The highest BCUT2D eigenvalue weighted by molar-refractivity contribution is 5.97. The second-order valence-electron chi connectivity index (χ2n) is 4.90. The summed E-state index contributed by atoms with van der Waals surface area (Å²) in [6, 6.07) is 4.06. The Bertz CT molecular complexity index is 766. The van der Waals surface area contributed by atoms with Gasteiger partial charge in [0.2, 0.25) is 5.91 Å². The lowest BCUT2D eigenvalue weighted by Gasteiger charge is -2.33. The van der Waals surface area contributed by atoms with Gasteiger partial charge >= 0.3 is 0 Å². The molecule has 1 aromatic rings. The topological polar surface area (TPSA) is 102 Å². The number of nitroso groups, excluding NO2 is 1. The Morgan fingerprint density at radius 1 is 1.41 bits per heavy atom. The van der Waals surface area contributed by atoms with Gasteiger partial charge in [-0.25, -0.2) is 0 Å². The Kier molecular flexibility index (Phi) is 3.21. The fraction of sp³-hybridized carbons (Fsp3) is 0.214. The van der Waals surface area contributed by atoms with Crippen LogP contribution in [0.25, 0.3) is 0 Å². The van der Waals surface area contributed by atoms with Crippen LogP contribution in [-0.4, -0.2) is 10.8 Å². The lowest BCUT2D eigenvalue weighted by Crippen LogP contribution is -2.33. The number of nitro groups is 1. The van der Waals surface area contributed by atoms with Gasteiger partial charge in [-0.2, -0.15) is 0 Å². The second kappa shape index (κ2) is 5.06. The fourth-order valence-corrected chi connectivity index (χ4v) is 2.57. The summed E-state index contributed by atoms with van der Waals surface area (Å²) in [5, 5.41) is 13.8. The van der Waals surface area contributed by atoms with Crippen LogP contribution in [0.2, 0.25) is 0 Å². The predicted molar refractivity (Wildman–Crippen MR) is 77.0 cm³/mol. The summed E-state index contributed by atoms with van der Waals surface area (Å²) in [7, 11) is 0. The maximum absolute atomic E-state index is 12.0. The molecule has 0 bridgehead atoms. The van der Waals surface area contributed by atoms with Gasteiger partial charge in [0.25, 0.3) is 5.69 Å².